The van der Waals surface area contributed by atoms with Crippen LogP contribution >= 0.6 is 15.9 Å². The van der Waals surface area contributed by atoms with Crippen molar-refractivity contribution in [3.8, 4) is 5.88 Å². The van der Waals surface area contributed by atoms with Crippen LogP contribution in [0.1, 0.15) is 0 Å². The maximum Gasteiger partial charge on any atom is 0.393 e. The molecule has 0 radical (unpaired) electrons. The van der Waals surface area contributed by atoms with E-state index in [1.165, 1.54) is 13.3 Å². The van der Waals surface area contributed by atoms with E-state index >= 15 is 0 Å². The van der Waals surface area contributed by atoms with Gasteiger partial charge in [-0.3, -0.25) is 0 Å². The molecule has 0 aliphatic carbocycles. The van der Waals surface area contributed by atoms with Gasteiger partial charge < -0.3 is 9.94 Å². The van der Waals surface area contributed by atoms with Crippen LogP contribution in [0, 0.1) is 5.21 Å². The highest BCUT2D eigenvalue weighted by molar-refractivity contribution is 9.10. The minimum absolute atomic E-state index is 0.280. The average molecular weight is 204 g/mol. The molecule has 1 heterocycles. The fourth-order valence-corrected chi connectivity index (χ4v) is 1.13. The van der Waals surface area contributed by atoms with E-state index in [9.17, 15) is 5.21 Å². The predicted octanol–water partition coefficient (Wildman–Crippen LogP) is 1.09. The second kappa shape index (κ2) is 2.88. The fourth-order valence-electron chi connectivity index (χ4n) is 0.637. The minimum atomic E-state index is 0.280. The van der Waals surface area contributed by atoms with Crippen molar-refractivity contribution in [3.05, 3.63) is 28.0 Å². The van der Waals surface area contributed by atoms with Gasteiger partial charge >= 0.3 is 5.88 Å². The van der Waals surface area contributed by atoms with Gasteiger partial charge in [0, 0.05) is 6.07 Å². The number of hydrogen-bond donors (Lipinski definition) is 0. The van der Waals surface area contributed by atoms with Crippen molar-refractivity contribution in [1.29, 1.82) is 0 Å². The molecule has 0 N–H and O–H groups in total. The summed E-state index contributed by atoms with van der Waals surface area (Å²) in [7, 11) is 1.45. The first-order valence-electron chi connectivity index (χ1n) is 2.67. The molecule has 0 aliphatic rings. The summed E-state index contributed by atoms with van der Waals surface area (Å²) in [5.74, 6) is 0.280. The summed E-state index contributed by atoms with van der Waals surface area (Å²) in [6.45, 7) is 0. The van der Waals surface area contributed by atoms with Crippen molar-refractivity contribution < 1.29 is 9.47 Å². The van der Waals surface area contributed by atoms with E-state index in [-0.39, 0.29) is 5.88 Å². The molecule has 10 heavy (non-hydrogen) atoms. The molecule has 4 heteroatoms. The second-order valence-electron chi connectivity index (χ2n) is 1.69. The summed E-state index contributed by atoms with van der Waals surface area (Å²) in [4.78, 5) is 0. The standard InChI is InChI=1S/C6H6BrNO2/c1-10-6-5(7)3-2-4-8(6)9/h2-4H,1H3. The third-order valence-electron chi connectivity index (χ3n) is 1.06. The largest absolute Gasteiger partial charge is 0.616 e. The fraction of sp³-hybridized carbons (Fsp3) is 0.167. The Labute approximate surface area is 67.0 Å². The van der Waals surface area contributed by atoms with Crippen molar-refractivity contribution in [2.75, 3.05) is 7.11 Å². The zero-order valence-electron chi connectivity index (χ0n) is 5.37. The van der Waals surface area contributed by atoms with Gasteiger partial charge in [0.15, 0.2) is 6.20 Å². The van der Waals surface area contributed by atoms with Crippen LogP contribution in [0.3, 0.4) is 0 Å². The lowest BCUT2D eigenvalue weighted by Gasteiger charge is -2.01. The van der Waals surface area contributed by atoms with Crippen LogP contribution in [0.15, 0.2) is 22.8 Å². The molecule has 1 aromatic heterocycles. The number of ether oxygens (including phenoxy) is 1. The molecule has 1 rings (SSSR count). The zero-order chi connectivity index (χ0) is 7.56. The summed E-state index contributed by atoms with van der Waals surface area (Å²) in [6.07, 6.45) is 1.38. The lowest BCUT2D eigenvalue weighted by atomic mass is 10.5. The van der Waals surface area contributed by atoms with Crippen LogP contribution in [0.2, 0.25) is 0 Å². The Morgan fingerprint density at radius 1 is 1.70 bits per heavy atom. The minimum Gasteiger partial charge on any atom is -0.616 e. The van der Waals surface area contributed by atoms with E-state index < -0.39 is 0 Å². The van der Waals surface area contributed by atoms with Gasteiger partial charge in [-0.15, -0.1) is 4.73 Å². The molecule has 0 aliphatic heterocycles. The van der Waals surface area contributed by atoms with Gasteiger partial charge in [0.05, 0.1) is 7.11 Å². The molecular weight excluding hydrogens is 198 g/mol. The number of nitrogens with zero attached hydrogens (tertiary/aromatic N) is 1. The van der Waals surface area contributed by atoms with Crippen molar-refractivity contribution in [2.45, 2.75) is 0 Å². The van der Waals surface area contributed by atoms with Gasteiger partial charge in [-0.2, -0.15) is 0 Å². The van der Waals surface area contributed by atoms with Crippen LogP contribution in [-0.4, -0.2) is 7.11 Å². The van der Waals surface area contributed by atoms with E-state index in [2.05, 4.69) is 15.9 Å². The molecule has 3 nitrogen and oxygen atoms in total. The number of aromatic nitrogens is 1. The number of rotatable bonds is 1. The second-order valence-corrected chi connectivity index (χ2v) is 2.55. The van der Waals surface area contributed by atoms with Gasteiger partial charge in [0.1, 0.15) is 4.47 Å². The number of halogens is 1. The first-order valence-corrected chi connectivity index (χ1v) is 3.46. The summed E-state index contributed by atoms with van der Waals surface area (Å²) in [6, 6.07) is 3.38. The zero-order valence-corrected chi connectivity index (χ0v) is 6.96. The number of methoxy groups -OCH3 is 1. The van der Waals surface area contributed by atoms with Crippen LogP contribution in [0.5, 0.6) is 5.88 Å². The Kier molecular flexibility index (Phi) is 2.11. The van der Waals surface area contributed by atoms with Crippen LogP contribution < -0.4 is 9.47 Å². The molecular formula is C6H6BrNO2. The molecule has 0 aromatic carbocycles. The molecule has 0 bridgehead atoms. The van der Waals surface area contributed by atoms with Crippen LogP contribution in [0.25, 0.3) is 0 Å². The van der Waals surface area contributed by atoms with Crippen molar-refractivity contribution in [1.82, 2.24) is 0 Å². The van der Waals surface area contributed by atoms with Crippen molar-refractivity contribution >= 4 is 15.9 Å². The Balaban J connectivity index is 3.17. The van der Waals surface area contributed by atoms with Crippen LogP contribution in [0.4, 0.5) is 0 Å². The molecule has 54 valence electrons. The molecule has 0 atom stereocenters. The van der Waals surface area contributed by atoms with Crippen molar-refractivity contribution in [2.24, 2.45) is 0 Å². The van der Waals surface area contributed by atoms with E-state index in [1.54, 1.807) is 12.1 Å². The smallest absolute Gasteiger partial charge is 0.393 e. The summed E-state index contributed by atoms with van der Waals surface area (Å²) in [5.41, 5.74) is 0. The van der Waals surface area contributed by atoms with Gasteiger partial charge in [-0.05, 0) is 22.0 Å². The monoisotopic (exact) mass is 203 g/mol. The Morgan fingerprint density at radius 3 is 2.80 bits per heavy atom. The number of pyridine rings is 1. The van der Waals surface area contributed by atoms with E-state index in [0.717, 1.165) is 0 Å². The summed E-state index contributed by atoms with van der Waals surface area (Å²) in [5, 5.41) is 10.8. The molecule has 0 amide bonds. The molecule has 0 spiro atoms. The third kappa shape index (κ3) is 1.21. The Bertz CT molecular complexity index is 219. The highest BCUT2D eigenvalue weighted by atomic mass is 79.9. The van der Waals surface area contributed by atoms with Gasteiger partial charge in [0.2, 0.25) is 0 Å². The normalized spacial score (nSPS) is 9.40. The van der Waals surface area contributed by atoms with E-state index in [0.29, 0.717) is 9.20 Å². The van der Waals surface area contributed by atoms with E-state index in [1.807, 2.05) is 0 Å². The lowest BCUT2D eigenvalue weighted by Crippen LogP contribution is -2.27. The first-order chi connectivity index (χ1) is 4.75. The maximum absolute atomic E-state index is 10.8. The maximum atomic E-state index is 10.8. The Morgan fingerprint density at radius 2 is 2.40 bits per heavy atom. The highest BCUT2D eigenvalue weighted by Crippen LogP contribution is 2.17. The molecule has 1 aromatic rings. The first kappa shape index (κ1) is 7.34. The van der Waals surface area contributed by atoms with Gasteiger partial charge in [-0.25, -0.2) is 0 Å². The topological polar surface area (TPSA) is 36.2 Å². The van der Waals surface area contributed by atoms with Gasteiger partial charge in [0.25, 0.3) is 0 Å². The van der Waals surface area contributed by atoms with Crippen molar-refractivity contribution in [3.63, 3.8) is 0 Å². The number of hydrogen-bond acceptors (Lipinski definition) is 2. The van der Waals surface area contributed by atoms with Crippen LogP contribution in [-0.2, 0) is 0 Å². The van der Waals surface area contributed by atoms with E-state index in [4.69, 9.17) is 4.74 Å². The molecule has 0 fully saturated rings. The van der Waals surface area contributed by atoms with Gasteiger partial charge in [-0.1, -0.05) is 0 Å². The average Bonchev–Trinajstić information content (AvgIpc) is 1.88. The molecule has 0 unspecified atom stereocenters. The highest BCUT2D eigenvalue weighted by Gasteiger charge is 2.07. The predicted molar refractivity (Wildman–Crippen MR) is 39.7 cm³/mol. The lowest BCUT2D eigenvalue weighted by molar-refractivity contribution is -0.612. The third-order valence-corrected chi connectivity index (χ3v) is 1.67. The Hall–Kier alpha value is -0.770. The quantitative estimate of drug-likeness (QED) is 0.507. The molecule has 0 saturated heterocycles. The summed E-state index contributed by atoms with van der Waals surface area (Å²) >= 11 is 3.16. The molecule has 0 saturated carbocycles. The summed E-state index contributed by atoms with van der Waals surface area (Å²) < 4.78 is 6.10. The SMILES string of the molecule is COc1c(Br)ccc[n+]1[O-].